The van der Waals surface area contributed by atoms with E-state index < -0.39 is 10.4 Å². The summed E-state index contributed by atoms with van der Waals surface area (Å²) in [5.74, 6) is 0.537. The van der Waals surface area contributed by atoms with Gasteiger partial charge >= 0.3 is 29.6 Å². The summed E-state index contributed by atoms with van der Waals surface area (Å²) >= 11 is 0.705. The molecule has 0 aliphatic rings. The van der Waals surface area contributed by atoms with Crippen LogP contribution in [0.2, 0.25) is 0 Å². The van der Waals surface area contributed by atoms with Gasteiger partial charge < -0.3 is 9.45 Å². The molecule has 15 heavy (non-hydrogen) atoms. The first kappa shape index (κ1) is 18.5. The van der Waals surface area contributed by atoms with Gasteiger partial charge in [0.15, 0.2) is 0 Å². The maximum atomic E-state index is 10.0. The van der Waals surface area contributed by atoms with Crippen LogP contribution in [0.1, 0.15) is 19.3 Å². The van der Waals surface area contributed by atoms with Crippen molar-refractivity contribution >= 4 is 22.4 Å². The third-order valence-electron chi connectivity index (χ3n) is 1.46. The molecule has 5 nitrogen and oxygen atoms in total. The van der Waals surface area contributed by atoms with Gasteiger partial charge in [-0.25, -0.2) is 12.0 Å². The van der Waals surface area contributed by atoms with E-state index in [9.17, 15) is 13.0 Å². The van der Waals surface area contributed by atoms with Crippen LogP contribution in [0, 0.1) is 0 Å². The molecule has 86 valence electrons. The first-order valence-electron chi connectivity index (χ1n) is 4.33. The maximum Gasteiger partial charge on any atom is 1.00 e. The Balaban J connectivity index is 0. The van der Waals surface area contributed by atoms with Crippen LogP contribution >= 0.6 is 12.0 Å². The van der Waals surface area contributed by atoms with E-state index >= 15 is 0 Å². The molecule has 0 spiro atoms. The number of hydrogen-bond donors (Lipinski definition) is 0. The van der Waals surface area contributed by atoms with E-state index in [-0.39, 0.29) is 29.6 Å². The topological polar surface area (TPSA) is 69.7 Å². The normalized spacial score (nSPS) is 11.5. The zero-order valence-electron chi connectivity index (χ0n) is 9.43. The van der Waals surface area contributed by atoms with E-state index in [1.54, 1.807) is 0 Å². The Morgan fingerprint density at radius 2 is 1.87 bits per heavy atom. The first-order valence-corrected chi connectivity index (χ1v) is 6.58. The Morgan fingerprint density at radius 3 is 2.33 bits per heavy atom. The van der Waals surface area contributed by atoms with E-state index in [0.29, 0.717) is 17.8 Å². The molecule has 0 saturated heterocycles. The molecule has 0 aromatic heterocycles. The summed E-state index contributed by atoms with van der Waals surface area (Å²) in [6.45, 7) is 1.02. The predicted octanol–water partition coefficient (Wildman–Crippen LogP) is -2.15. The first-order chi connectivity index (χ1) is 6.42. The van der Waals surface area contributed by atoms with Gasteiger partial charge in [-0.1, -0.05) is 6.42 Å². The Morgan fingerprint density at radius 1 is 1.27 bits per heavy atom. The molecule has 0 N–H and O–H groups in total. The van der Waals surface area contributed by atoms with Gasteiger partial charge in [-0.15, -0.1) is 0 Å². The second-order valence-corrected chi connectivity index (χ2v) is 5.17. The van der Waals surface area contributed by atoms with Crippen molar-refractivity contribution in [2.75, 3.05) is 26.4 Å². The van der Waals surface area contributed by atoms with Crippen LogP contribution in [0.25, 0.3) is 0 Å². The van der Waals surface area contributed by atoms with E-state index in [1.807, 2.05) is 14.1 Å². The molecule has 0 unspecified atom stereocenters. The number of nitrogens with zero attached hydrogens (tertiary/aromatic N) is 1. The fourth-order valence-corrected chi connectivity index (χ4v) is 1.92. The molecule has 0 aliphatic carbocycles. The molecule has 0 bridgehead atoms. The van der Waals surface area contributed by atoms with Gasteiger partial charge in [-0.3, -0.25) is 0 Å². The Hall–Kier alpha value is 1.18. The van der Waals surface area contributed by atoms with Crippen molar-refractivity contribution in [2.24, 2.45) is 0 Å². The van der Waals surface area contributed by atoms with Gasteiger partial charge in [0.1, 0.15) is 0 Å². The van der Waals surface area contributed by atoms with E-state index in [1.165, 1.54) is 0 Å². The average molecular weight is 265 g/mol. The van der Waals surface area contributed by atoms with E-state index in [2.05, 4.69) is 8.53 Å². The molecule has 0 heterocycles. The maximum absolute atomic E-state index is 10.0. The molecule has 0 aliphatic heterocycles. The fraction of sp³-hybridized carbons (Fsp3) is 1.00. The molecular weight excluding hydrogens is 249 g/mol. The summed E-state index contributed by atoms with van der Waals surface area (Å²) in [7, 11) is -0.522. The summed E-state index contributed by atoms with van der Waals surface area (Å²) in [4.78, 5) is 2.09. The summed E-state index contributed by atoms with van der Waals surface area (Å²) in [6.07, 6.45) is 2.93. The molecule has 0 saturated carbocycles. The van der Waals surface area contributed by atoms with Crippen LogP contribution in [0.4, 0.5) is 0 Å². The minimum absolute atomic E-state index is 0. The zero-order valence-corrected chi connectivity index (χ0v) is 13.1. The van der Waals surface area contributed by atoms with Crippen LogP contribution in [0.15, 0.2) is 0 Å². The van der Waals surface area contributed by atoms with Gasteiger partial charge in [-0.05, 0) is 33.5 Å². The molecular formula is C7H16NNaO4S2. The Bertz CT molecular complexity index is 233. The smallest absolute Gasteiger partial charge is 0.725 e. The standard InChI is InChI=1S/C7H17NO4S2.Na/c1-8(2)6-4-3-5-7-13-12-14(9,10)11;/h3-7H2,1-2H3,(H,9,10,11);/q;+1/p-1. The molecule has 0 atom stereocenters. The molecule has 0 radical (unpaired) electrons. The molecule has 0 amide bonds. The van der Waals surface area contributed by atoms with Crippen molar-refractivity contribution in [2.45, 2.75) is 19.3 Å². The molecule has 8 heteroatoms. The van der Waals surface area contributed by atoms with Gasteiger partial charge in [0, 0.05) is 17.8 Å². The third kappa shape index (κ3) is 17.8. The van der Waals surface area contributed by atoms with Gasteiger partial charge in [0.2, 0.25) is 10.4 Å². The monoisotopic (exact) mass is 265 g/mol. The average Bonchev–Trinajstić information content (AvgIpc) is 2.00. The van der Waals surface area contributed by atoms with Crippen LogP contribution < -0.4 is 29.6 Å². The van der Waals surface area contributed by atoms with Gasteiger partial charge in [0.05, 0.1) is 0 Å². The largest absolute Gasteiger partial charge is 1.00 e. The molecule has 0 fully saturated rings. The third-order valence-corrected chi connectivity index (χ3v) is 2.97. The Kier molecular flexibility index (Phi) is 12.8. The summed E-state index contributed by atoms with van der Waals surface area (Å²) in [5.41, 5.74) is 0. The number of hydrogen-bond acceptors (Lipinski definition) is 6. The SMILES string of the molecule is CN(C)CCCCCSOS(=O)(=O)[O-].[Na+]. The molecule has 0 aromatic carbocycles. The van der Waals surface area contributed by atoms with Crippen molar-refractivity contribution in [1.82, 2.24) is 4.90 Å². The van der Waals surface area contributed by atoms with Gasteiger partial charge in [-0.2, -0.15) is 0 Å². The number of unbranched alkanes of at least 4 members (excludes halogenated alkanes) is 2. The Labute approximate surface area is 118 Å². The van der Waals surface area contributed by atoms with Crippen molar-refractivity contribution in [3.05, 3.63) is 0 Å². The van der Waals surface area contributed by atoms with Crippen LogP contribution in [0.5, 0.6) is 0 Å². The van der Waals surface area contributed by atoms with Crippen LogP contribution in [-0.2, 0) is 14.0 Å². The molecule has 0 aromatic rings. The number of rotatable bonds is 8. The van der Waals surface area contributed by atoms with Crippen molar-refractivity contribution in [1.29, 1.82) is 0 Å². The zero-order chi connectivity index (χ0) is 11.0. The minimum Gasteiger partial charge on any atom is -0.725 e. The van der Waals surface area contributed by atoms with Crippen molar-refractivity contribution < 1.29 is 46.2 Å². The second-order valence-electron chi connectivity index (χ2n) is 3.16. The van der Waals surface area contributed by atoms with Gasteiger partial charge in [0.25, 0.3) is 0 Å². The second kappa shape index (κ2) is 10.3. The van der Waals surface area contributed by atoms with Crippen LogP contribution in [-0.4, -0.2) is 44.3 Å². The fourth-order valence-electron chi connectivity index (χ4n) is 0.859. The van der Waals surface area contributed by atoms with Crippen molar-refractivity contribution in [3.8, 4) is 0 Å². The summed E-state index contributed by atoms with van der Waals surface area (Å²) in [5, 5.41) is 0. The minimum atomic E-state index is -4.53. The summed E-state index contributed by atoms with van der Waals surface area (Å²) < 4.78 is 34.0. The van der Waals surface area contributed by atoms with Crippen LogP contribution in [0.3, 0.4) is 0 Å². The van der Waals surface area contributed by atoms with Crippen molar-refractivity contribution in [3.63, 3.8) is 0 Å². The van der Waals surface area contributed by atoms with E-state index in [0.717, 1.165) is 25.8 Å². The predicted molar refractivity (Wildman–Crippen MR) is 55.6 cm³/mol. The molecule has 0 rings (SSSR count). The summed E-state index contributed by atoms with van der Waals surface area (Å²) in [6, 6.07) is 0. The van der Waals surface area contributed by atoms with E-state index in [4.69, 9.17) is 0 Å². The quantitative estimate of drug-likeness (QED) is 0.164.